The Kier molecular flexibility index (Phi) is 4.33. The summed E-state index contributed by atoms with van der Waals surface area (Å²) in [6, 6.07) is -0.248. The summed E-state index contributed by atoms with van der Waals surface area (Å²) in [6.07, 6.45) is 3.59. The van der Waals surface area contributed by atoms with Crippen LogP contribution in [-0.4, -0.2) is 47.3 Å². The maximum atomic E-state index is 11.9. The van der Waals surface area contributed by atoms with Crippen molar-refractivity contribution in [3.63, 3.8) is 0 Å². The minimum absolute atomic E-state index is 0.0000293. The molecule has 1 saturated heterocycles. The lowest BCUT2D eigenvalue weighted by Crippen LogP contribution is -2.55. The molecule has 2 atom stereocenters. The maximum Gasteiger partial charge on any atom is 0.239 e. The molecule has 1 amide bonds. The van der Waals surface area contributed by atoms with Crippen LogP contribution in [0, 0.1) is 6.92 Å². The van der Waals surface area contributed by atoms with Crippen LogP contribution >= 0.6 is 0 Å². The Morgan fingerprint density at radius 3 is 3.22 bits per heavy atom. The van der Waals surface area contributed by atoms with Crippen molar-refractivity contribution < 1.29 is 9.53 Å². The van der Waals surface area contributed by atoms with Crippen molar-refractivity contribution in [3.8, 4) is 0 Å². The average Bonchev–Trinajstić information content (AvgIpc) is 2.75. The second kappa shape index (κ2) is 5.97. The van der Waals surface area contributed by atoms with Gasteiger partial charge in [0.2, 0.25) is 5.91 Å². The number of morpholine rings is 1. The highest BCUT2D eigenvalue weighted by Gasteiger charge is 2.27. The number of hydrogen-bond donors (Lipinski definition) is 2. The lowest BCUT2D eigenvalue weighted by Gasteiger charge is -2.29. The summed E-state index contributed by atoms with van der Waals surface area (Å²) in [5.74, 6) is 0.955. The normalized spacial score (nSPS) is 23.9. The first kappa shape index (κ1) is 13.0. The number of carbonyl (C=O) groups is 1. The smallest absolute Gasteiger partial charge is 0.239 e. The molecule has 1 aromatic rings. The molecule has 2 rings (SSSR count). The summed E-state index contributed by atoms with van der Waals surface area (Å²) >= 11 is 0. The van der Waals surface area contributed by atoms with Gasteiger partial charge in [-0.2, -0.15) is 0 Å². The first-order valence-corrected chi connectivity index (χ1v) is 6.29. The van der Waals surface area contributed by atoms with E-state index in [9.17, 15) is 4.79 Å². The van der Waals surface area contributed by atoms with Crippen LogP contribution in [0.25, 0.3) is 0 Å². The third-order valence-electron chi connectivity index (χ3n) is 3.17. The van der Waals surface area contributed by atoms with Gasteiger partial charge in [0.25, 0.3) is 0 Å². The maximum absolute atomic E-state index is 11.9. The Morgan fingerprint density at radius 1 is 1.72 bits per heavy atom. The lowest BCUT2D eigenvalue weighted by atomic mass is 10.1. The number of ether oxygens (including phenoxy) is 1. The second-order valence-electron chi connectivity index (χ2n) is 4.47. The molecule has 2 heterocycles. The van der Waals surface area contributed by atoms with E-state index in [0.29, 0.717) is 13.2 Å². The minimum Gasteiger partial charge on any atom is -0.375 e. The Labute approximate surface area is 107 Å². The fraction of sp³-hybridized carbons (Fsp3) is 0.667. The molecule has 1 aromatic heterocycles. The summed E-state index contributed by atoms with van der Waals surface area (Å²) in [5, 5.41) is 6.09. The molecule has 0 saturated carbocycles. The van der Waals surface area contributed by atoms with Crippen LogP contribution < -0.4 is 10.6 Å². The van der Waals surface area contributed by atoms with E-state index in [0.717, 1.165) is 18.9 Å². The monoisotopic (exact) mass is 252 g/mol. The molecule has 0 aromatic carbocycles. The van der Waals surface area contributed by atoms with Gasteiger partial charge in [0.1, 0.15) is 11.9 Å². The summed E-state index contributed by atoms with van der Waals surface area (Å²) < 4.78 is 7.45. The van der Waals surface area contributed by atoms with Gasteiger partial charge in [-0.15, -0.1) is 0 Å². The number of amides is 1. The Hall–Kier alpha value is -1.40. The number of aromatic nitrogens is 2. The standard InChI is InChI=1S/C12H20N4O2/c1-9-11(14-5-8-18-9)12(17)15-4-7-16-6-3-13-10(16)2/h3,6,9,11,14H,4-5,7-8H2,1-2H3,(H,15,17)/t9-,11+/m1/s1. The topological polar surface area (TPSA) is 68.2 Å². The van der Waals surface area contributed by atoms with E-state index in [-0.39, 0.29) is 18.1 Å². The van der Waals surface area contributed by atoms with Crippen molar-refractivity contribution >= 4 is 5.91 Å². The van der Waals surface area contributed by atoms with Crippen molar-refractivity contribution in [2.45, 2.75) is 32.5 Å². The largest absolute Gasteiger partial charge is 0.375 e. The van der Waals surface area contributed by atoms with E-state index in [1.54, 1.807) is 6.20 Å². The van der Waals surface area contributed by atoms with Crippen molar-refractivity contribution in [2.75, 3.05) is 19.7 Å². The van der Waals surface area contributed by atoms with E-state index >= 15 is 0 Å². The summed E-state index contributed by atoms with van der Waals surface area (Å²) in [6.45, 7) is 6.58. The van der Waals surface area contributed by atoms with Gasteiger partial charge in [0, 0.05) is 32.0 Å². The van der Waals surface area contributed by atoms with Crippen LogP contribution in [0.5, 0.6) is 0 Å². The lowest BCUT2D eigenvalue weighted by molar-refractivity contribution is -0.128. The van der Waals surface area contributed by atoms with Crippen molar-refractivity contribution in [3.05, 3.63) is 18.2 Å². The molecular weight excluding hydrogens is 232 g/mol. The predicted octanol–water partition coefficient (Wildman–Crippen LogP) is -0.315. The average molecular weight is 252 g/mol. The number of nitrogens with one attached hydrogen (secondary N) is 2. The van der Waals surface area contributed by atoms with Gasteiger partial charge < -0.3 is 19.9 Å². The number of imidazole rings is 1. The van der Waals surface area contributed by atoms with Gasteiger partial charge in [-0.3, -0.25) is 4.79 Å². The minimum atomic E-state index is -0.248. The van der Waals surface area contributed by atoms with E-state index in [1.165, 1.54) is 0 Å². The zero-order valence-electron chi connectivity index (χ0n) is 10.8. The van der Waals surface area contributed by atoms with Crippen LogP contribution in [0.4, 0.5) is 0 Å². The molecule has 6 heteroatoms. The van der Waals surface area contributed by atoms with Crippen molar-refractivity contribution in [1.29, 1.82) is 0 Å². The highest BCUT2D eigenvalue weighted by Crippen LogP contribution is 2.03. The Morgan fingerprint density at radius 2 is 2.56 bits per heavy atom. The third-order valence-corrected chi connectivity index (χ3v) is 3.17. The molecule has 0 aliphatic carbocycles. The summed E-state index contributed by atoms with van der Waals surface area (Å²) in [4.78, 5) is 16.1. The predicted molar refractivity (Wildman–Crippen MR) is 67.2 cm³/mol. The molecule has 1 aliphatic rings. The number of carbonyl (C=O) groups excluding carboxylic acids is 1. The van der Waals surface area contributed by atoms with Crippen LogP contribution in [0.15, 0.2) is 12.4 Å². The van der Waals surface area contributed by atoms with E-state index in [4.69, 9.17) is 4.74 Å². The fourth-order valence-corrected chi connectivity index (χ4v) is 2.08. The zero-order chi connectivity index (χ0) is 13.0. The molecule has 100 valence electrons. The SMILES string of the molecule is Cc1nccn1CCNC(=O)[C@H]1NCCO[C@@H]1C. The molecule has 0 bridgehead atoms. The highest BCUT2D eigenvalue weighted by molar-refractivity contribution is 5.82. The first-order chi connectivity index (χ1) is 8.68. The number of aryl methyl sites for hydroxylation is 1. The Bertz CT molecular complexity index is 405. The second-order valence-corrected chi connectivity index (χ2v) is 4.47. The third kappa shape index (κ3) is 3.08. The molecule has 0 radical (unpaired) electrons. The molecule has 1 aliphatic heterocycles. The molecule has 0 spiro atoms. The highest BCUT2D eigenvalue weighted by atomic mass is 16.5. The molecule has 0 unspecified atom stereocenters. The van der Waals surface area contributed by atoms with Gasteiger partial charge in [0.05, 0.1) is 12.7 Å². The van der Waals surface area contributed by atoms with Crippen LogP contribution in [0.1, 0.15) is 12.7 Å². The fourth-order valence-electron chi connectivity index (χ4n) is 2.08. The van der Waals surface area contributed by atoms with E-state index < -0.39 is 0 Å². The molecule has 1 fully saturated rings. The van der Waals surface area contributed by atoms with E-state index in [1.807, 2.05) is 24.6 Å². The van der Waals surface area contributed by atoms with E-state index in [2.05, 4.69) is 15.6 Å². The molecule has 6 nitrogen and oxygen atoms in total. The summed E-state index contributed by atoms with van der Waals surface area (Å²) in [5.41, 5.74) is 0. The van der Waals surface area contributed by atoms with Gasteiger partial charge in [-0.25, -0.2) is 4.98 Å². The molecule has 2 N–H and O–H groups in total. The Balaban J connectivity index is 1.76. The van der Waals surface area contributed by atoms with Gasteiger partial charge in [-0.05, 0) is 13.8 Å². The zero-order valence-corrected chi connectivity index (χ0v) is 10.8. The van der Waals surface area contributed by atoms with Crippen LogP contribution in [-0.2, 0) is 16.1 Å². The molecule has 18 heavy (non-hydrogen) atoms. The van der Waals surface area contributed by atoms with Crippen molar-refractivity contribution in [1.82, 2.24) is 20.2 Å². The van der Waals surface area contributed by atoms with Crippen LogP contribution in [0.2, 0.25) is 0 Å². The quantitative estimate of drug-likeness (QED) is 0.771. The number of rotatable bonds is 4. The van der Waals surface area contributed by atoms with Gasteiger partial charge >= 0.3 is 0 Å². The number of hydrogen-bond acceptors (Lipinski definition) is 4. The number of nitrogens with zero attached hydrogens (tertiary/aromatic N) is 2. The molecular formula is C12H20N4O2. The van der Waals surface area contributed by atoms with Gasteiger partial charge in [-0.1, -0.05) is 0 Å². The van der Waals surface area contributed by atoms with Gasteiger partial charge in [0.15, 0.2) is 0 Å². The van der Waals surface area contributed by atoms with Crippen LogP contribution in [0.3, 0.4) is 0 Å². The first-order valence-electron chi connectivity index (χ1n) is 6.29. The van der Waals surface area contributed by atoms with Crippen molar-refractivity contribution in [2.24, 2.45) is 0 Å². The summed E-state index contributed by atoms with van der Waals surface area (Å²) in [7, 11) is 0.